The topological polar surface area (TPSA) is 96.9 Å². The quantitative estimate of drug-likeness (QED) is 0.0961. The van der Waals surface area contributed by atoms with Crippen molar-refractivity contribution in [2.24, 2.45) is 0 Å². The van der Waals surface area contributed by atoms with E-state index in [2.05, 4.69) is 10.6 Å². The molecule has 0 aromatic heterocycles. The Balaban J connectivity index is 1.25. The van der Waals surface area contributed by atoms with Crippen molar-refractivity contribution in [1.29, 1.82) is 0 Å². The second-order valence-electron chi connectivity index (χ2n) is 9.11. The molecule has 0 heterocycles. The minimum atomic E-state index is -1.00. The van der Waals surface area contributed by atoms with Crippen molar-refractivity contribution < 1.29 is 28.6 Å². The van der Waals surface area contributed by atoms with E-state index in [-0.39, 0.29) is 11.6 Å². The van der Waals surface area contributed by atoms with Gasteiger partial charge in [-0.2, -0.15) is 0 Å². The molecule has 40 heavy (non-hydrogen) atoms. The molecule has 4 aromatic carbocycles. The third kappa shape index (κ3) is 8.59. The number of esters is 1. The molecular weight excluding hydrogens is 511 g/mol. The Morgan fingerprint density at radius 3 is 2.27 bits per heavy atom. The molecule has 8 heteroatoms. The third-order valence-electron chi connectivity index (χ3n) is 6.14. The van der Waals surface area contributed by atoms with E-state index in [1.807, 2.05) is 30.3 Å². The summed E-state index contributed by atoms with van der Waals surface area (Å²) in [5, 5.41) is 16.1. The minimum absolute atomic E-state index is 0.261. The minimum Gasteiger partial charge on any atom is -0.494 e. The lowest BCUT2D eigenvalue weighted by Crippen LogP contribution is -2.30. The number of aryl methyl sites for hydroxylation is 1. The molecule has 0 aliphatic carbocycles. The smallest absolute Gasteiger partial charge is 0.343 e. The number of benzene rings is 4. The first-order valence-electron chi connectivity index (χ1n) is 13.0. The van der Waals surface area contributed by atoms with Crippen molar-refractivity contribution >= 4 is 23.3 Å². The fraction of sp³-hybridized carbons (Fsp3) is 0.188. The molecule has 0 aliphatic heterocycles. The van der Waals surface area contributed by atoms with Crippen LogP contribution in [0, 0.1) is 5.82 Å². The number of para-hydroxylation sites is 2. The van der Waals surface area contributed by atoms with Crippen molar-refractivity contribution in [2.75, 3.05) is 23.8 Å². The SMILES string of the molecule is O=C(Oc1ccccc1NC(CCc1ccc(OCCCNc2ccc(F)cc2)cc1)C(=O)O)c1ccccc1. The van der Waals surface area contributed by atoms with Crippen LogP contribution >= 0.6 is 0 Å². The summed E-state index contributed by atoms with van der Waals surface area (Å²) in [7, 11) is 0. The fourth-order valence-electron chi connectivity index (χ4n) is 3.98. The van der Waals surface area contributed by atoms with Crippen molar-refractivity contribution in [3.63, 3.8) is 0 Å². The first-order valence-corrected chi connectivity index (χ1v) is 13.0. The van der Waals surface area contributed by atoms with Crippen LogP contribution in [-0.4, -0.2) is 36.2 Å². The summed E-state index contributed by atoms with van der Waals surface area (Å²) in [6.07, 6.45) is 1.62. The summed E-state index contributed by atoms with van der Waals surface area (Å²) in [6.45, 7) is 1.22. The van der Waals surface area contributed by atoms with Gasteiger partial charge >= 0.3 is 11.9 Å². The standard InChI is InChI=1S/C32H31FN2O5/c33-25-14-16-26(17-15-25)34-21-6-22-39-27-18-11-23(12-19-27)13-20-29(31(36)37)35-28-9-4-5-10-30(28)40-32(38)24-7-2-1-3-8-24/h1-5,7-12,14-19,29,34-35H,6,13,20-22H2,(H,36,37). The van der Waals surface area contributed by atoms with E-state index in [0.717, 1.165) is 23.4 Å². The fourth-order valence-corrected chi connectivity index (χ4v) is 3.98. The summed E-state index contributed by atoms with van der Waals surface area (Å²) in [5.74, 6) is -0.796. The van der Waals surface area contributed by atoms with Crippen LogP contribution in [0.1, 0.15) is 28.8 Å². The number of nitrogens with one attached hydrogen (secondary N) is 2. The van der Waals surface area contributed by atoms with Crippen LogP contribution in [0.25, 0.3) is 0 Å². The molecule has 0 radical (unpaired) electrons. The highest BCUT2D eigenvalue weighted by molar-refractivity contribution is 5.92. The lowest BCUT2D eigenvalue weighted by atomic mass is 10.0. The molecule has 0 saturated heterocycles. The maximum atomic E-state index is 13.0. The molecule has 4 aromatic rings. The Morgan fingerprint density at radius 2 is 1.55 bits per heavy atom. The van der Waals surface area contributed by atoms with Crippen molar-refractivity contribution in [3.8, 4) is 11.5 Å². The second kappa shape index (κ2) is 14.3. The van der Waals surface area contributed by atoms with E-state index >= 15 is 0 Å². The first-order chi connectivity index (χ1) is 19.5. The van der Waals surface area contributed by atoms with Gasteiger partial charge in [0.25, 0.3) is 0 Å². The van der Waals surface area contributed by atoms with Crippen molar-refractivity contribution in [1.82, 2.24) is 0 Å². The van der Waals surface area contributed by atoms with Gasteiger partial charge in [-0.25, -0.2) is 14.0 Å². The molecule has 7 nitrogen and oxygen atoms in total. The Kier molecular flexibility index (Phi) is 10.1. The van der Waals surface area contributed by atoms with Gasteiger partial charge in [-0.05, 0) is 85.5 Å². The molecule has 206 valence electrons. The van der Waals surface area contributed by atoms with Crippen LogP contribution in [0.3, 0.4) is 0 Å². The number of ether oxygens (including phenoxy) is 2. The molecule has 1 unspecified atom stereocenters. The second-order valence-corrected chi connectivity index (χ2v) is 9.11. The molecule has 3 N–H and O–H groups in total. The van der Waals surface area contributed by atoms with Gasteiger partial charge < -0.3 is 25.2 Å². The van der Waals surface area contributed by atoms with Gasteiger partial charge in [-0.3, -0.25) is 0 Å². The zero-order chi connectivity index (χ0) is 28.2. The van der Waals surface area contributed by atoms with Crippen LogP contribution in [0.5, 0.6) is 11.5 Å². The number of rotatable bonds is 14. The van der Waals surface area contributed by atoms with Crippen LogP contribution in [-0.2, 0) is 11.2 Å². The van der Waals surface area contributed by atoms with Gasteiger partial charge in [0.15, 0.2) is 5.75 Å². The molecule has 0 fully saturated rings. The van der Waals surface area contributed by atoms with E-state index < -0.39 is 18.0 Å². The largest absolute Gasteiger partial charge is 0.494 e. The van der Waals surface area contributed by atoms with E-state index in [4.69, 9.17) is 9.47 Å². The van der Waals surface area contributed by atoms with Gasteiger partial charge in [0, 0.05) is 12.2 Å². The van der Waals surface area contributed by atoms with Crippen LogP contribution in [0.4, 0.5) is 15.8 Å². The number of carbonyl (C=O) groups excluding carboxylic acids is 1. The molecular formula is C32H31FN2O5. The summed E-state index contributed by atoms with van der Waals surface area (Å²) >= 11 is 0. The van der Waals surface area contributed by atoms with Gasteiger partial charge in [-0.15, -0.1) is 0 Å². The predicted octanol–water partition coefficient (Wildman–Crippen LogP) is 6.42. The highest BCUT2D eigenvalue weighted by Gasteiger charge is 2.20. The molecule has 0 bridgehead atoms. The maximum Gasteiger partial charge on any atom is 0.343 e. The lowest BCUT2D eigenvalue weighted by Gasteiger charge is -2.18. The Hall–Kier alpha value is -4.85. The third-order valence-corrected chi connectivity index (χ3v) is 6.14. The lowest BCUT2D eigenvalue weighted by molar-refractivity contribution is -0.138. The molecule has 4 rings (SSSR count). The zero-order valence-electron chi connectivity index (χ0n) is 21.9. The molecule has 0 saturated carbocycles. The summed E-state index contributed by atoms with van der Waals surface area (Å²) in [5.41, 5.74) is 2.66. The van der Waals surface area contributed by atoms with Gasteiger partial charge in [0.05, 0.1) is 17.9 Å². The van der Waals surface area contributed by atoms with Crippen molar-refractivity contribution in [2.45, 2.75) is 25.3 Å². The van der Waals surface area contributed by atoms with E-state index in [1.54, 1.807) is 60.7 Å². The highest BCUT2D eigenvalue weighted by atomic mass is 19.1. The summed E-state index contributed by atoms with van der Waals surface area (Å²) in [4.78, 5) is 24.5. The average Bonchev–Trinajstić information content (AvgIpc) is 2.98. The first kappa shape index (κ1) is 28.2. The molecule has 0 spiro atoms. The van der Waals surface area contributed by atoms with Crippen LogP contribution in [0.15, 0.2) is 103 Å². The van der Waals surface area contributed by atoms with Crippen molar-refractivity contribution in [3.05, 3.63) is 120 Å². The normalized spacial score (nSPS) is 11.3. The summed E-state index contributed by atoms with van der Waals surface area (Å²) in [6, 6.07) is 28.3. The predicted molar refractivity (Wildman–Crippen MR) is 153 cm³/mol. The number of anilines is 2. The average molecular weight is 543 g/mol. The number of carboxylic acid groups (broad SMARTS) is 1. The summed E-state index contributed by atoms with van der Waals surface area (Å²) < 4.78 is 24.3. The van der Waals surface area contributed by atoms with E-state index in [0.29, 0.717) is 37.2 Å². The highest BCUT2D eigenvalue weighted by Crippen LogP contribution is 2.26. The monoisotopic (exact) mass is 542 g/mol. The van der Waals surface area contributed by atoms with E-state index in [1.165, 1.54) is 12.1 Å². The Labute approximate surface area is 232 Å². The van der Waals surface area contributed by atoms with Gasteiger partial charge in [0.2, 0.25) is 0 Å². The number of aliphatic carboxylic acids is 1. The maximum absolute atomic E-state index is 13.0. The zero-order valence-corrected chi connectivity index (χ0v) is 21.9. The Bertz CT molecular complexity index is 1380. The van der Waals surface area contributed by atoms with Gasteiger partial charge in [0.1, 0.15) is 17.6 Å². The number of halogens is 1. The van der Waals surface area contributed by atoms with Crippen LogP contribution < -0.4 is 20.1 Å². The van der Waals surface area contributed by atoms with Crippen LogP contribution in [0.2, 0.25) is 0 Å². The number of hydrogen-bond donors (Lipinski definition) is 3. The van der Waals surface area contributed by atoms with E-state index in [9.17, 15) is 19.1 Å². The molecule has 0 aliphatic rings. The number of hydrogen-bond acceptors (Lipinski definition) is 6. The molecule has 0 amide bonds. The van der Waals surface area contributed by atoms with Gasteiger partial charge in [-0.1, -0.05) is 42.5 Å². The number of carbonyl (C=O) groups is 2. The Morgan fingerprint density at radius 1 is 0.850 bits per heavy atom. The molecule has 1 atom stereocenters. The number of carboxylic acids is 1.